The summed E-state index contributed by atoms with van der Waals surface area (Å²) in [6, 6.07) is 4.92. The highest BCUT2D eigenvalue weighted by Crippen LogP contribution is 2.48. The van der Waals surface area contributed by atoms with Gasteiger partial charge in [-0.05, 0) is 31.0 Å². The largest absolute Gasteiger partial charge is 0.478 e. The highest BCUT2D eigenvalue weighted by Gasteiger charge is 2.45. The van der Waals surface area contributed by atoms with Crippen LogP contribution in [0.4, 0.5) is 5.69 Å². The van der Waals surface area contributed by atoms with Gasteiger partial charge in [-0.1, -0.05) is 24.4 Å². The Hall–Kier alpha value is -1.22. The average Bonchev–Trinajstić information content (AvgIpc) is 2.77. The first-order chi connectivity index (χ1) is 8.60. The second-order valence-electron chi connectivity index (χ2n) is 5.53. The highest BCUT2D eigenvalue weighted by atomic mass is 35.5. The highest BCUT2D eigenvalue weighted by molar-refractivity contribution is 6.33. The van der Waals surface area contributed by atoms with Crippen molar-refractivity contribution in [2.75, 3.05) is 18.0 Å². The average molecular weight is 266 g/mol. The molecule has 0 radical (unpaired) electrons. The number of hydrogen-bond donors (Lipinski definition) is 1. The number of nitrogens with zero attached hydrogens (tertiary/aromatic N) is 1. The van der Waals surface area contributed by atoms with E-state index in [4.69, 9.17) is 16.7 Å². The molecule has 1 aliphatic carbocycles. The molecule has 0 aromatic heterocycles. The van der Waals surface area contributed by atoms with E-state index in [-0.39, 0.29) is 0 Å². The maximum absolute atomic E-state index is 11.0. The van der Waals surface area contributed by atoms with Crippen LogP contribution in [0.2, 0.25) is 5.02 Å². The van der Waals surface area contributed by atoms with Gasteiger partial charge < -0.3 is 10.0 Å². The second kappa shape index (κ2) is 4.16. The SMILES string of the molecule is O=C(O)c1ccc(Cl)c(N2CC3(CCCC3)C2)c1. The van der Waals surface area contributed by atoms with Crippen molar-refractivity contribution in [1.82, 2.24) is 0 Å². The van der Waals surface area contributed by atoms with Crippen LogP contribution in [-0.2, 0) is 0 Å². The van der Waals surface area contributed by atoms with Crippen LogP contribution >= 0.6 is 11.6 Å². The number of anilines is 1. The molecule has 2 fully saturated rings. The van der Waals surface area contributed by atoms with Gasteiger partial charge in [0.25, 0.3) is 0 Å². The Morgan fingerprint density at radius 3 is 2.56 bits per heavy atom. The molecule has 3 rings (SSSR count). The molecule has 0 amide bonds. The van der Waals surface area contributed by atoms with Crippen molar-refractivity contribution in [2.45, 2.75) is 25.7 Å². The lowest BCUT2D eigenvalue weighted by atomic mass is 9.78. The Bertz CT molecular complexity index is 487. The summed E-state index contributed by atoms with van der Waals surface area (Å²) < 4.78 is 0. The maximum Gasteiger partial charge on any atom is 0.335 e. The number of halogens is 1. The van der Waals surface area contributed by atoms with Gasteiger partial charge in [0.2, 0.25) is 0 Å². The smallest absolute Gasteiger partial charge is 0.335 e. The Morgan fingerprint density at radius 1 is 1.28 bits per heavy atom. The molecule has 1 saturated carbocycles. The molecule has 3 nitrogen and oxygen atoms in total. The normalized spacial score (nSPS) is 21.1. The minimum absolute atomic E-state index is 0.307. The summed E-state index contributed by atoms with van der Waals surface area (Å²) in [5, 5.41) is 9.66. The molecule has 1 aromatic rings. The van der Waals surface area contributed by atoms with E-state index in [1.807, 2.05) is 0 Å². The summed E-state index contributed by atoms with van der Waals surface area (Å²) in [6.45, 7) is 2.05. The number of carboxylic acids is 1. The molecule has 1 heterocycles. The lowest BCUT2D eigenvalue weighted by Crippen LogP contribution is -2.55. The van der Waals surface area contributed by atoms with Gasteiger partial charge in [-0.2, -0.15) is 0 Å². The van der Waals surface area contributed by atoms with E-state index >= 15 is 0 Å². The van der Waals surface area contributed by atoms with E-state index in [2.05, 4.69) is 4.90 Å². The van der Waals surface area contributed by atoms with E-state index in [1.165, 1.54) is 25.7 Å². The van der Waals surface area contributed by atoms with Gasteiger partial charge in [-0.3, -0.25) is 0 Å². The topological polar surface area (TPSA) is 40.5 Å². The van der Waals surface area contributed by atoms with Gasteiger partial charge in [-0.15, -0.1) is 0 Å². The fourth-order valence-corrected chi connectivity index (χ4v) is 3.50. The van der Waals surface area contributed by atoms with Crippen LogP contribution in [-0.4, -0.2) is 24.2 Å². The third-order valence-corrected chi connectivity index (χ3v) is 4.57. The van der Waals surface area contributed by atoms with Gasteiger partial charge in [-0.25, -0.2) is 4.79 Å². The first kappa shape index (κ1) is 11.8. The molecular formula is C14H16ClNO2. The van der Waals surface area contributed by atoms with Crippen molar-refractivity contribution in [2.24, 2.45) is 5.41 Å². The first-order valence-electron chi connectivity index (χ1n) is 6.38. The van der Waals surface area contributed by atoms with Crippen LogP contribution in [0.25, 0.3) is 0 Å². The number of carbonyl (C=O) groups is 1. The molecule has 2 aliphatic rings. The molecule has 1 aliphatic heterocycles. The first-order valence-corrected chi connectivity index (χ1v) is 6.75. The zero-order valence-corrected chi connectivity index (χ0v) is 10.9. The lowest BCUT2D eigenvalue weighted by Gasteiger charge is -2.50. The van der Waals surface area contributed by atoms with Gasteiger partial charge in [0.1, 0.15) is 0 Å². The van der Waals surface area contributed by atoms with Gasteiger partial charge >= 0.3 is 5.97 Å². The van der Waals surface area contributed by atoms with Crippen LogP contribution in [0.15, 0.2) is 18.2 Å². The molecule has 1 aromatic carbocycles. The Kier molecular flexibility index (Phi) is 2.74. The molecule has 0 bridgehead atoms. The van der Waals surface area contributed by atoms with Crippen molar-refractivity contribution < 1.29 is 9.90 Å². The van der Waals surface area contributed by atoms with Crippen molar-refractivity contribution >= 4 is 23.3 Å². The summed E-state index contributed by atoms with van der Waals surface area (Å²) in [5.74, 6) is -0.899. The van der Waals surface area contributed by atoms with Crippen LogP contribution < -0.4 is 4.90 Å². The summed E-state index contributed by atoms with van der Waals surface area (Å²) in [7, 11) is 0. The fourth-order valence-electron chi connectivity index (χ4n) is 3.26. The molecule has 96 valence electrons. The van der Waals surface area contributed by atoms with Crippen molar-refractivity contribution in [1.29, 1.82) is 0 Å². The minimum Gasteiger partial charge on any atom is -0.478 e. The molecule has 1 N–H and O–H groups in total. The van der Waals surface area contributed by atoms with Crippen LogP contribution in [0.3, 0.4) is 0 Å². The van der Waals surface area contributed by atoms with Crippen molar-refractivity contribution in [3.05, 3.63) is 28.8 Å². The van der Waals surface area contributed by atoms with Gasteiger partial charge in [0.15, 0.2) is 0 Å². The zero-order valence-electron chi connectivity index (χ0n) is 10.2. The lowest BCUT2D eigenvalue weighted by molar-refractivity contribution is 0.0697. The Labute approximate surface area is 111 Å². The van der Waals surface area contributed by atoms with E-state index < -0.39 is 5.97 Å². The third-order valence-electron chi connectivity index (χ3n) is 4.25. The van der Waals surface area contributed by atoms with Crippen molar-refractivity contribution in [3.8, 4) is 0 Å². The Balaban J connectivity index is 1.81. The minimum atomic E-state index is -0.899. The number of carboxylic acid groups (broad SMARTS) is 1. The van der Waals surface area contributed by atoms with Crippen LogP contribution in [0, 0.1) is 5.41 Å². The predicted octanol–water partition coefficient (Wildman–Crippen LogP) is 3.42. The molecule has 4 heteroatoms. The maximum atomic E-state index is 11.0. The number of hydrogen-bond acceptors (Lipinski definition) is 2. The van der Waals surface area contributed by atoms with E-state index in [1.54, 1.807) is 18.2 Å². The summed E-state index contributed by atoms with van der Waals surface area (Å²) >= 11 is 6.17. The molecule has 0 unspecified atom stereocenters. The van der Waals surface area contributed by atoms with Crippen LogP contribution in [0.1, 0.15) is 36.0 Å². The zero-order chi connectivity index (χ0) is 12.8. The summed E-state index contributed by atoms with van der Waals surface area (Å²) in [5.41, 5.74) is 1.67. The number of benzene rings is 1. The van der Waals surface area contributed by atoms with Crippen molar-refractivity contribution in [3.63, 3.8) is 0 Å². The van der Waals surface area contributed by atoms with Gasteiger partial charge in [0, 0.05) is 18.5 Å². The fraction of sp³-hybridized carbons (Fsp3) is 0.500. The number of aromatic carboxylic acids is 1. The second-order valence-corrected chi connectivity index (χ2v) is 5.94. The molecule has 18 heavy (non-hydrogen) atoms. The van der Waals surface area contributed by atoms with Crippen LogP contribution in [0.5, 0.6) is 0 Å². The monoisotopic (exact) mass is 265 g/mol. The molecule has 0 atom stereocenters. The summed E-state index contributed by atoms with van der Waals surface area (Å²) in [6.07, 6.45) is 5.27. The third kappa shape index (κ3) is 1.87. The summed E-state index contributed by atoms with van der Waals surface area (Å²) in [4.78, 5) is 13.2. The van der Waals surface area contributed by atoms with E-state index in [0.717, 1.165) is 18.8 Å². The standard InChI is InChI=1S/C14H16ClNO2/c15-11-4-3-10(13(17)18)7-12(11)16-8-14(9-16)5-1-2-6-14/h3-4,7H,1-2,5-6,8-9H2,(H,17,18). The predicted molar refractivity (Wildman–Crippen MR) is 71.5 cm³/mol. The Morgan fingerprint density at radius 2 is 1.94 bits per heavy atom. The molecule has 1 spiro atoms. The molecule has 1 saturated heterocycles. The van der Waals surface area contributed by atoms with Gasteiger partial charge in [0.05, 0.1) is 16.3 Å². The van der Waals surface area contributed by atoms with E-state index in [0.29, 0.717) is 16.0 Å². The number of rotatable bonds is 2. The van der Waals surface area contributed by atoms with E-state index in [9.17, 15) is 4.79 Å². The quantitative estimate of drug-likeness (QED) is 0.891. The molecular weight excluding hydrogens is 250 g/mol.